The summed E-state index contributed by atoms with van der Waals surface area (Å²) in [7, 11) is 0. The van der Waals surface area contributed by atoms with E-state index in [0.717, 1.165) is 101 Å². The van der Waals surface area contributed by atoms with E-state index in [2.05, 4.69) is 49.4 Å². The summed E-state index contributed by atoms with van der Waals surface area (Å²) in [6.45, 7) is 16.3. The second-order valence-electron chi connectivity index (χ2n) is 19.0. The van der Waals surface area contributed by atoms with E-state index < -0.39 is 5.60 Å². The highest BCUT2D eigenvalue weighted by Crippen LogP contribution is 2.42. The van der Waals surface area contributed by atoms with E-state index in [9.17, 15) is 24.0 Å². The lowest BCUT2D eigenvalue weighted by atomic mass is 9.71. The quantitative estimate of drug-likeness (QED) is 0.337. The van der Waals surface area contributed by atoms with Gasteiger partial charge in [-0.2, -0.15) is 0 Å². The molecule has 7 amide bonds. The second kappa shape index (κ2) is 20.4. The zero-order valence-electron chi connectivity index (χ0n) is 37.4. The Labute approximate surface area is 372 Å². The lowest BCUT2D eigenvalue weighted by molar-refractivity contribution is -0.121. The number of urea groups is 2. The van der Waals surface area contributed by atoms with Gasteiger partial charge in [0.25, 0.3) is 0 Å². The standard InChI is InChI=1S/C27H36N4O4.C22H28N4O2/c1-26(2,3)35-25(34)30-19-13-27(14-20-30)11-17-29(18-12-27)15-4-5-21-6-8-22(9-7-21)31-16-10-23(32)28-24(31)33;27-20-7-15-26(21(28)24-20)19-5-3-18(4-6-19)2-1-14-25-16-10-22(11-17-25)8-12-23-13-9-22/h6-9H,10-20H2,1-3H3,(H,28,32,33);3-6,23H,7-17H2,(H,24,27,28). The summed E-state index contributed by atoms with van der Waals surface area (Å²) < 4.78 is 5.53. The van der Waals surface area contributed by atoms with Crippen LogP contribution in [0, 0.1) is 34.5 Å². The molecule has 14 heteroatoms. The lowest BCUT2D eigenvalue weighted by Crippen LogP contribution is -2.49. The number of rotatable bonds is 4. The first-order valence-electron chi connectivity index (χ1n) is 22.8. The predicted octanol–water partition coefficient (Wildman–Crippen LogP) is 5.55. The molecule has 0 aliphatic carbocycles. The van der Waals surface area contributed by atoms with Gasteiger partial charge in [0, 0.05) is 61.5 Å². The van der Waals surface area contributed by atoms with Crippen LogP contribution in [0.1, 0.15) is 96.1 Å². The van der Waals surface area contributed by atoms with Crippen molar-refractivity contribution in [3.8, 4) is 23.7 Å². The lowest BCUT2D eigenvalue weighted by Gasteiger charge is -2.46. The highest BCUT2D eigenvalue weighted by atomic mass is 16.6. The van der Waals surface area contributed by atoms with Crippen molar-refractivity contribution < 1.29 is 28.7 Å². The van der Waals surface area contributed by atoms with Crippen molar-refractivity contribution in [2.45, 2.75) is 90.6 Å². The van der Waals surface area contributed by atoms with E-state index >= 15 is 0 Å². The van der Waals surface area contributed by atoms with Crippen LogP contribution in [0.2, 0.25) is 0 Å². The number of piperidine rings is 4. The molecular weight excluding hydrogens is 797 g/mol. The largest absolute Gasteiger partial charge is 0.444 e. The maximum Gasteiger partial charge on any atom is 0.410 e. The zero-order valence-corrected chi connectivity index (χ0v) is 37.4. The fraction of sp³-hybridized carbons (Fsp3) is 0.571. The topological polar surface area (TPSA) is 147 Å². The highest BCUT2D eigenvalue weighted by Gasteiger charge is 2.39. The number of anilines is 2. The van der Waals surface area contributed by atoms with E-state index in [1.807, 2.05) is 74.2 Å². The van der Waals surface area contributed by atoms with Crippen LogP contribution in [0.4, 0.5) is 25.8 Å². The van der Waals surface area contributed by atoms with Crippen LogP contribution in [0.25, 0.3) is 0 Å². The molecule has 2 aromatic rings. The molecule has 8 rings (SSSR count). The minimum Gasteiger partial charge on any atom is -0.444 e. The van der Waals surface area contributed by atoms with Gasteiger partial charge in [-0.3, -0.25) is 39.8 Å². The molecule has 0 radical (unpaired) electrons. The fourth-order valence-electron chi connectivity index (χ4n) is 9.40. The van der Waals surface area contributed by atoms with Gasteiger partial charge in [0.15, 0.2) is 0 Å². The van der Waals surface area contributed by atoms with Crippen molar-refractivity contribution in [3.05, 3.63) is 59.7 Å². The molecule has 6 aliphatic heterocycles. The number of hydrogen-bond donors (Lipinski definition) is 3. The summed E-state index contributed by atoms with van der Waals surface area (Å²) in [6.07, 6.45) is 10.1. The number of benzene rings is 2. The molecule has 6 fully saturated rings. The third-order valence-electron chi connectivity index (χ3n) is 13.5. The fourth-order valence-corrected chi connectivity index (χ4v) is 9.40. The van der Waals surface area contributed by atoms with Crippen molar-refractivity contribution in [2.75, 3.05) is 88.3 Å². The number of imide groups is 2. The Balaban J connectivity index is 0.000000193. The van der Waals surface area contributed by atoms with Crippen molar-refractivity contribution >= 4 is 41.3 Å². The van der Waals surface area contributed by atoms with Crippen LogP contribution >= 0.6 is 0 Å². The number of likely N-dealkylation sites (tertiary alicyclic amines) is 3. The van der Waals surface area contributed by atoms with E-state index in [1.165, 1.54) is 38.8 Å². The number of carbonyl (C=O) groups excluding carboxylic acids is 5. The van der Waals surface area contributed by atoms with Crippen LogP contribution in [0.5, 0.6) is 0 Å². The first-order chi connectivity index (χ1) is 30.3. The third kappa shape index (κ3) is 12.6. The van der Waals surface area contributed by atoms with Gasteiger partial charge in [-0.05, 0) is 171 Å². The van der Waals surface area contributed by atoms with E-state index in [0.29, 0.717) is 36.8 Å². The number of ether oxygens (including phenoxy) is 1. The molecule has 0 unspecified atom stereocenters. The molecule has 0 saturated carbocycles. The Morgan fingerprint density at radius 1 is 0.587 bits per heavy atom. The molecule has 14 nitrogen and oxygen atoms in total. The first-order valence-corrected chi connectivity index (χ1v) is 22.8. The van der Waals surface area contributed by atoms with Gasteiger partial charge >= 0.3 is 18.2 Å². The summed E-state index contributed by atoms with van der Waals surface area (Å²) >= 11 is 0. The average molecular weight is 861 g/mol. The molecule has 0 bridgehead atoms. The Hall–Kier alpha value is -5.41. The minimum absolute atomic E-state index is 0.192. The van der Waals surface area contributed by atoms with Gasteiger partial charge in [0.1, 0.15) is 5.60 Å². The van der Waals surface area contributed by atoms with Gasteiger partial charge in [0.2, 0.25) is 11.8 Å². The SMILES string of the molecule is CC(C)(C)OC(=O)N1CCC2(CCN(CC#Cc3ccc(N4CCC(=O)NC4=O)cc3)CC2)CC1.O=C1CCN(c2ccc(C#CCN3CCC4(CCNCC4)CC3)cc2)C(=O)N1. The number of nitrogens with one attached hydrogen (secondary N) is 3. The number of carbonyl (C=O) groups is 5. The average Bonchev–Trinajstić information content (AvgIpc) is 3.26. The molecule has 3 N–H and O–H groups in total. The van der Waals surface area contributed by atoms with Crippen molar-refractivity contribution in [1.29, 1.82) is 0 Å². The number of nitrogens with zero attached hydrogens (tertiary/aromatic N) is 5. The summed E-state index contributed by atoms with van der Waals surface area (Å²) in [5.41, 5.74) is 3.87. The summed E-state index contributed by atoms with van der Waals surface area (Å²) in [4.78, 5) is 68.7. The summed E-state index contributed by atoms with van der Waals surface area (Å²) in [6, 6.07) is 14.5. The van der Waals surface area contributed by atoms with Crippen molar-refractivity contribution in [1.82, 2.24) is 30.7 Å². The van der Waals surface area contributed by atoms with Gasteiger partial charge in [0.05, 0.1) is 13.1 Å². The Morgan fingerprint density at radius 3 is 1.38 bits per heavy atom. The molecule has 6 saturated heterocycles. The summed E-state index contributed by atoms with van der Waals surface area (Å²) in [5, 5.41) is 8.16. The van der Waals surface area contributed by atoms with Crippen LogP contribution in [-0.2, 0) is 14.3 Å². The maximum absolute atomic E-state index is 12.3. The van der Waals surface area contributed by atoms with Gasteiger partial charge in [-0.15, -0.1) is 0 Å². The Kier molecular flexibility index (Phi) is 14.8. The molecule has 6 aliphatic rings. The van der Waals surface area contributed by atoms with Crippen LogP contribution < -0.4 is 25.8 Å². The minimum atomic E-state index is -0.452. The normalized spacial score (nSPS) is 21.5. The van der Waals surface area contributed by atoms with Gasteiger partial charge in [-0.25, -0.2) is 14.4 Å². The Bertz CT molecular complexity index is 2080. The van der Waals surface area contributed by atoms with E-state index in [4.69, 9.17) is 4.74 Å². The van der Waals surface area contributed by atoms with E-state index in [1.54, 1.807) is 9.80 Å². The molecule has 6 heterocycles. The molecule has 0 aromatic heterocycles. The van der Waals surface area contributed by atoms with E-state index in [-0.39, 0.29) is 30.0 Å². The maximum atomic E-state index is 12.3. The van der Waals surface area contributed by atoms with Crippen LogP contribution in [0.15, 0.2) is 48.5 Å². The molecule has 0 atom stereocenters. The molecule has 336 valence electrons. The van der Waals surface area contributed by atoms with Crippen LogP contribution in [-0.4, -0.2) is 129 Å². The molecule has 2 aromatic carbocycles. The highest BCUT2D eigenvalue weighted by molar-refractivity contribution is 6.06. The molecule has 63 heavy (non-hydrogen) atoms. The van der Waals surface area contributed by atoms with Crippen molar-refractivity contribution in [3.63, 3.8) is 0 Å². The summed E-state index contributed by atoms with van der Waals surface area (Å²) in [5.74, 6) is 12.6. The number of hydrogen-bond acceptors (Lipinski definition) is 9. The predicted molar refractivity (Wildman–Crippen MR) is 243 cm³/mol. The van der Waals surface area contributed by atoms with Gasteiger partial charge in [-0.1, -0.05) is 23.7 Å². The molecular formula is C49H64N8O6. The first kappa shape index (κ1) is 45.6. The van der Waals surface area contributed by atoms with Gasteiger partial charge < -0.3 is 15.0 Å². The Morgan fingerprint density at radius 2 is 0.984 bits per heavy atom. The second-order valence-corrected chi connectivity index (χ2v) is 19.0. The zero-order chi connectivity index (χ0) is 44.5. The monoisotopic (exact) mass is 860 g/mol. The molecule has 2 spiro atoms. The van der Waals surface area contributed by atoms with Crippen LogP contribution in [0.3, 0.4) is 0 Å². The third-order valence-corrected chi connectivity index (χ3v) is 13.5. The van der Waals surface area contributed by atoms with Crippen molar-refractivity contribution in [2.24, 2.45) is 10.8 Å². The number of amides is 7. The smallest absolute Gasteiger partial charge is 0.410 e.